The second-order valence-electron chi connectivity index (χ2n) is 8.86. The van der Waals surface area contributed by atoms with Gasteiger partial charge in [0.2, 0.25) is 20.0 Å². The Morgan fingerprint density at radius 1 is 1.06 bits per heavy atom. The van der Waals surface area contributed by atoms with E-state index in [-0.39, 0.29) is 11.8 Å². The summed E-state index contributed by atoms with van der Waals surface area (Å²) in [5.41, 5.74) is 3.01. The van der Waals surface area contributed by atoms with E-state index in [1.54, 1.807) is 42.2 Å². The lowest BCUT2D eigenvalue weighted by molar-refractivity contribution is -0.137. The van der Waals surface area contributed by atoms with E-state index in [4.69, 9.17) is 0 Å². The molecule has 196 valence electrons. The van der Waals surface area contributed by atoms with Crippen LogP contribution in [0.2, 0.25) is 0 Å². The third-order valence-corrected chi connectivity index (χ3v) is 8.47. The molecule has 3 rings (SSSR count). The summed E-state index contributed by atoms with van der Waals surface area (Å²) >= 11 is 0. The third kappa shape index (κ3) is 6.76. The van der Waals surface area contributed by atoms with Crippen LogP contribution in [0.25, 0.3) is 0 Å². The summed E-state index contributed by atoms with van der Waals surface area (Å²) in [6.45, 7) is 2.85. The number of piperidine rings is 1. The van der Waals surface area contributed by atoms with Crippen LogP contribution in [0.4, 0.5) is 11.4 Å². The molecule has 0 aliphatic carbocycles. The molecule has 0 spiro atoms. The lowest BCUT2D eigenvalue weighted by Crippen LogP contribution is -2.38. The van der Waals surface area contributed by atoms with E-state index in [9.17, 15) is 26.4 Å². The van der Waals surface area contributed by atoms with Crippen LogP contribution < -0.4 is 9.03 Å². The number of esters is 1. The van der Waals surface area contributed by atoms with Gasteiger partial charge in [0.05, 0.1) is 24.7 Å². The number of carbonyl (C=O) groups is 2. The number of hydrogen-bond acceptors (Lipinski definition) is 7. The number of benzene rings is 2. The topological polar surface area (TPSA) is 130 Å². The number of hydrogen-bond donors (Lipinski definition) is 1. The summed E-state index contributed by atoms with van der Waals surface area (Å²) in [4.78, 5) is 26.2. The molecule has 1 fully saturated rings. The molecule has 0 radical (unpaired) electrons. The first-order valence-electron chi connectivity index (χ1n) is 11.3. The van der Waals surface area contributed by atoms with Crippen LogP contribution in [-0.2, 0) is 29.6 Å². The van der Waals surface area contributed by atoms with Crippen molar-refractivity contribution in [3.63, 3.8) is 0 Å². The van der Waals surface area contributed by atoms with Gasteiger partial charge in [-0.3, -0.25) is 18.6 Å². The average Bonchev–Trinajstić information content (AvgIpc) is 2.83. The minimum absolute atomic E-state index is 0.155. The van der Waals surface area contributed by atoms with E-state index < -0.39 is 31.8 Å². The molecule has 12 heteroatoms. The number of ether oxygens (including phenoxy) is 1. The van der Waals surface area contributed by atoms with Crippen molar-refractivity contribution >= 4 is 43.3 Å². The first-order chi connectivity index (χ1) is 16.8. The van der Waals surface area contributed by atoms with E-state index in [2.05, 4.69) is 9.46 Å². The van der Waals surface area contributed by atoms with Crippen molar-refractivity contribution in [1.82, 2.24) is 4.90 Å². The highest BCUT2D eigenvalue weighted by atomic mass is 32.2. The molecule has 1 aliphatic heterocycles. The Bertz CT molecular complexity index is 1330. The van der Waals surface area contributed by atoms with Gasteiger partial charge in [0.25, 0.3) is 5.91 Å². The van der Waals surface area contributed by atoms with Crippen molar-refractivity contribution in [2.45, 2.75) is 25.7 Å². The Morgan fingerprint density at radius 3 is 2.22 bits per heavy atom. The van der Waals surface area contributed by atoms with Gasteiger partial charge in [0.1, 0.15) is 0 Å². The molecule has 0 atom stereocenters. The van der Waals surface area contributed by atoms with Gasteiger partial charge in [0.15, 0.2) is 5.75 Å². The number of carbonyl (C=O) groups excluding carboxylic acids is 2. The van der Waals surface area contributed by atoms with Crippen LogP contribution in [0, 0.1) is 6.92 Å². The zero-order valence-corrected chi connectivity index (χ0v) is 22.4. The van der Waals surface area contributed by atoms with Crippen molar-refractivity contribution in [2.24, 2.45) is 0 Å². The summed E-state index contributed by atoms with van der Waals surface area (Å²) in [6.07, 6.45) is 2.54. The smallest absolute Gasteiger partial charge is 0.322 e. The van der Waals surface area contributed by atoms with Crippen LogP contribution in [0.5, 0.6) is 0 Å². The van der Waals surface area contributed by atoms with E-state index >= 15 is 0 Å². The maximum atomic E-state index is 13.0. The Labute approximate surface area is 212 Å². The Balaban J connectivity index is 1.63. The molecule has 0 aromatic heterocycles. The first kappa shape index (κ1) is 27.5. The molecule has 1 amide bonds. The van der Waals surface area contributed by atoms with Crippen molar-refractivity contribution in [3.8, 4) is 0 Å². The van der Waals surface area contributed by atoms with Crippen LogP contribution in [-0.4, -0.2) is 72.9 Å². The minimum Gasteiger partial charge on any atom is -0.468 e. The SMILES string of the molecule is COC(=O)CS(=O)(=O)N(C)c1ccc(C2CCN(C(=O)c3ccc(C)c(NS(C)(=O)=O)c3)CC2)cc1. The summed E-state index contributed by atoms with van der Waals surface area (Å²) in [7, 11) is -4.78. The molecule has 1 N–H and O–H groups in total. The van der Waals surface area contributed by atoms with Crippen molar-refractivity contribution < 1.29 is 31.2 Å². The number of methoxy groups -OCH3 is 1. The van der Waals surface area contributed by atoms with Crippen molar-refractivity contribution in [2.75, 3.05) is 48.3 Å². The molecule has 10 nitrogen and oxygen atoms in total. The Kier molecular flexibility index (Phi) is 8.29. The normalized spacial score (nSPS) is 14.8. The molecule has 36 heavy (non-hydrogen) atoms. The molecule has 2 aromatic rings. The van der Waals surface area contributed by atoms with E-state index in [1.807, 2.05) is 12.1 Å². The first-order valence-corrected chi connectivity index (χ1v) is 14.8. The molecular formula is C24H31N3O7S2. The highest BCUT2D eigenvalue weighted by Crippen LogP contribution is 2.31. The molecule has 1 saturated heterocycles. The van der Waals surface area contributed by atoms with Crippen LogP contribution in [0.3, 0.4) is 0 Å². The predicted molar refractivity (Wildman–Crippen MR) is 138 cm³/mol. The second-order valence-corrected chi connectivity index (χ2v) is 12.6. The zero-order valence-electron chi connectivity index (χ0n) is 20.7. The van der Waals surface area contributed by atoms with E-state index in [1.165, 1.54) is 7.05 Å². The molecule has 0 unspecified atom stereocenters. The number of nitrogens with zero attached hydrogens (tertiary/aromatic N) is 2. The van der Waals surface area contributed by atoms with E-state index in [0.717, 1.165) is 41.6 Å². The number of rotatable bonds is 8. The zero-order chi connectivity index (χ0) is 26.7. The van der Waals surface area contributed by atoms with Gasteiger partial charge < -0.3 is 9.64 Å². The van der Waals surface area contributed by atoms with Gasteiger partial charge in [-0.2, -0.15) is 0 Å². The van der Waals surface area contributed by atoms with Crippen LogP contribution in [0.15, 0.2) is 42.5 Å². The summed E-state index contributed by atoms with van der Waals surface area (Å²) in [6, 6.07) is 12.1. The summed E-state index contributed by atoms with van der Waals surface area (Å²) in [5, 5.41) is 0. The van der Waals surface area contributed by atoms with Crippen molar-refractivity contribution in [1.29, 1.82) is 0 Å². The molecule has 0 bridgehead atoms. The lowest BCUT2D eigenvalue weighted by Gasteiger charge is -2.32. The molecule has 2 aromatic carbocycles. The highest BCUT2D eigenvalue weighted by Gasteiger charge is 2.26. The fourth-order valence-corrected chi connectivity index (χ4v) is 5.76. The van der Waals surface area contributed by atoms with Gasteiger partial charge in [-0.15, -0.1) is 0 Å². The monoisotopic (exact) mass is 537 g/mol. The maximum absolute atomic E-state index is 13.0. The number of sulfonamides is 2. The maximum Gasteiger partial charge on any atom is 0.322 e. The number of nitrogens with one attached hydrogen (secondary N) is 1. The number of likely N-dealkylation sites (tertiary alicyclic amines) is 1. The predicted octanol–water partition coefficient (Wildman–Crippen LogP) is 2.33. The fraction of sp³-hybridized carbons (Fsp3) is 0.417. The van der Waals surface area contributed by atoms with Crippen LogP contribution in [0.1, 0.15) is 40.2 Å². The standard InChI is InChI=1S/C24H31N3O7S2/c1-17-5-6-20(15-22(17)25-35(4,30)31)24(29)27-13-11-19(12-14-27)18-7-9-21(10-8-18)26(2)36(32,33)16-23(28)34-3/h5-10,15,19,25H,11-14,16H2,1-4H3. The van der Waals surface area contributed by atoms with Gasteiger partial charge in [-0.05, 0) is 61.1 Å². The number of aryl methyl sites for hydroxylation is 1. The molecular weight excluding hydrogens is 506 g/mol. The average molecular weight is 538 g/mol. The van der Waals surface area contributed by atoms with Crippen molar-refractivity contribution in [3.05, 3.63) is 59.2 Å². The number of amides is 1. The fourth-order valence-electron chi connectivity index (χ4n) is 4.08. The van der Waals surface area contributed by atoms with Gasteiger partial charge >= 0.3 is 5.97 Å². The molecule has 1 heterocycles. The number of anilines is 2. The second kappa shape index (κ2) is 10.9. The summed E-state index contributed by atoms with van der Waals surface area (Å²) in [5.74, 6) is -1.51. The quantitative estimate of drug-likeness (QED) is 0.512. The minimum atomic E-state index is -3.84. The third-order valence-electron chi connectivity index (χ3n) is 6.24. The lowest BCUT2D eigenvalue weighted by atomic mass is 9.89. The molecule has 0 saturated carbocycles. The highest BCUT2D eigenvalue weighted by molar-refractivity contribution is 7.93. The van der Waals surface area contributed by atoms with Gasteiger partial charge in [-0.1, -0.05) is 18.2 Å². The van der Waals surface area contributed by atoms with E-state index in [0.29, 0.717) is 30.0 Å². The van der Waals surface area contributed by atoms with Gasteiger partial charge in [0, 0.05) is 25.7 Å². The van der Waals surface area contributed by atoms with Gasteiger partial charge in [-0.25, -0.2) is 16.8 Å². The Morgan fingerprint density at radius 2 is 1.67 bits per heavy atom. The Hall–Kier alpha value is -3.12. The molecule has 1 aliphatic rings. The summed E-state index contributed by atoms with van der Waals surface area (Å²) < 4.78 is 55.9. The van der Waals surface area contributed by atoms with Crippen LogP contribution >= 0.6 is 0 Å². The largest absolute Gasteiger partial charge is 0.468 e.